The Morgan fingerprint density at radius 3 is 1.04 bits per heavy atom. The van der Waals surface area contributed by atoms with Crippen LogP contribution in [0.15, 0.2) is 121 Å². The summed E-state index contributed by atoms with van der Waals surface area (Å²) in [6.45, 7) is 0. The molecule has 0 saturated heterocycles. The lowest BCUT2D eigenvalue weighted by atomic mass is 10.3. The summed E-state index contributed by atoms with van der Waals surface area (Å²) in [7, 11) is 4.60. The number of hydrogen-bond acceptors (Lipinski definition) is 10. The molecule has 246 valence electrons. The van der Waals surface area contributed by atoms with Crippen LogP contribution in [0.2, 0.25) is 0 Å². The van der Waals surface area contributed by atoms with Crippen molar-refractivity contribution in [3.05, 3.63) is 121 Å². The average Bonchev–Trinajstić information content (AvgIpc) is 3.09. The Balaban J connectivity index is 0.000000595. The quantitative estimate of drug-likeness (QED) is 0.139. The normalized spacial score (nSPS) is 9.24. The lowest BCUT2D eigenvalue weighted by Crippen LogP contribution is -2.45. The van der Waals surface area contributed by atoms with Crippen LogP contribution in [0.3, 0.4) is 0 Å². The van der Waals surface area contributed by atoms with Gasteiger partial charge in [0.2, 0.25) is 0 Å². The molecule has 0 bridgehead atoms. The van der Waals surface area contributed by atoms with Crippen LogP contribution >= 0.6 is 0 Å². The summed E-state index contributed by atoms with van der Waals surface area (Å²) in [5.41, 5.74) is 8.46. The number of carbonyl (C=O) groups is 2. The minimum absolute atomic E-state index is 0.239. The molecule has 0 aliphatic carbocycles. The maximum Gasteiger partial charge on any atom is 0.678 e. The zero-order chi connectivity index (χ0) is 34.5. The van der Waals surface area contributed by atoms with Crippen LogP contribution in [0.25, 0.3) is 0 Å². The summed E-state index contributed by atoms with van der Waals surface area (Å²) in [5.74, 6) is 0. The Kier molecular flexibility index (Phi) is 23.1. The molecule has 46 heavy (non-hydrogen) atoms. The Hall–Kier alpha value is -5.34. The fourth-order valence-electron chi connectivity index (χ4n) is 2.98. The Morgan fingerprint density at radius 1 is 0.543 bits per heavy atom. The molecule has 14 heteroatoms. The highest BCUT2D eigenvalue weighted by atomic mass is 28.4. The molecule has 4 aromatic carbocycles. The van der Waals surface area contributed by atoms with Gasteiger partial charge < -0.3 is 38.8 Å². The topological polar surface area (TPSA) is 177 Å². The Labute approximate surface area is 270 Å². The van der Waals surface area contributed by atoms with Crippen molar-refractivity contribution in [3.63, 3.8) is 0 Å². The highest BCUT2D eigenvalue weighted by molar-refractivity contribution is 6.53. The van der Waals surface area contributed by atoms with Crippen LogP contribution in [-0.4, -0.2) is 62.9 Å². The predicted molar refractivity (Wildman–Crippen MR) is 178 cm³/mol. The maximum atomic E-state index is 11.6. The molecule has 0 aliphatic heterocycles. The number of anilines is 4. The summed E-state index contributed by atoms with van der Waals surface area (Å²) >= 11 is 0. The molecule has 3 amide bonds. The number of para-hydroxylation sites is 4. The number of hydrogen-bond donors (Lipinski definition) is 4. The van der Waals surface area contributed by atoms with Gasteiger partial charge in [-0.1, -0.05) is 72.8 Å². The fraction of sp³-hybridized carbons (Fsp3) is 0.156. The van der Waals surface area contributed by atoms with Crippen molar-refractivity contribution < 1.29 is 41.6 Å². The number of nitrogens with two attached hydrogens (primary N) is 1. The molecule has 0 atom stereocenters. The number of rotatable bonds is 7. The maximum absolute atomic E-state index is 11.6. The molecule has 0 unspecified atom stereocenters. The van der Waals surface area contributed by atoms with E-state index in [9.17, 15) is 9.59 Å². The number of benzene rings is 4. The van der Waals surface area contributed by atoms with Gasteiger partial charge in [-0.3, -0.25) is 5.32 Å². The third-order valence-corrected chi connectivity index (χ3v) is 7.07. The van der Waals surface area contributed by atoms with E-state index < -0.39 is 15.1 Å². The third-order valence-electron chi connectivity index (χ3n) is 5.07. The Morgan fingerprint density at radius 2 is 0.826 bits per heavy atom. The fourth-order valence-corrected chi connectivity index (χ4v) is 3.98. The van der Waals surface area contributed by atoms with Gasteiger partial charge in [-0.05, 0) is 48.5 Å². The highest BCUT2D eigenvalue weighted by Gasteiger charge is 2.40. The minimum atomic E-state index is -2.69. The van der Waals surface area contributed by atoms with Crippen molar-refractivity contribution in [3.8, 4) is 0 Å². The molecule has 13 nitrogen and oxygen atoms in total. The largest absolute Gasteiger partial charge is 0.678 e. The number of carbonyl (C=O) groups excluding carboxylic acids is 4. The van der Waals surface area contributed by atoms with Gasteiger partial charge in [-0.25, -0.2) is 9.59 Å². The van der Waals surface area contributed by atoms with Crippen LogP contribution in [0.4, 0.5) is 32.3 Å². The van der Waals surface area contributed by atoms with Gasteiger partial charge in [0.25, 0.3) is 0 Å². The van der Waals surface area contributed by atoms with Crippen molar-refractivity contribution in [2.24, 2.45) is 0 Å². The lowest BCUT2D eigenvalue weighted by Gasteiger charge is -2.19. The van der Waals surface area contributed by atoms with Crippen LogP contribution in [0.1, 0.15) is 0 Å². The van der Waals surface area contributed by atoms with Gasteiger partial charge in [0.05, 0.1) is 7.11 Å². The Bertz CT molecular complexity index is 1300. The number of methoxy groups -OCH3 is 1. The molecule has 0 aromatic heterocycles. The first-order valence-corrected chi connectivity index (χ1v) is 14.9. The first-order chi connectivity index (χ1) is 22.2. The first-order valence-electron chi connectivity index (χ1n) is 13.3. The molecule has 0 heterocycles. The number of urea groups is 1. The van der Waals surface area contributed by atoms with E-state index in [-0.39, 0.29) is 12.2 Å². The smallest absolute Gasteiger partial charge is 0.453 e. The van der Waals surface area contributed by atoms with Gasteiger partial charge in [-0.2, -0.15) is 9.59 Å². The first kappa shape index (κ1) is 40.7. The van der Waals surface area contributed by atoms with E-state index in [4.69, 9.17) is 33.0 Å². The monoisotopic (exact) mass is 652 g/mol. The van der Waals surface area contributed by atoms with Crippen molar-refractivity contribution in [2.75, 3.05) is 57.2 Å². The second-order valence-electron chi connectivity index (χ2n) is 8.10. The zero-order valence-electron chi connectivity index (χ0n) is 26.3. The summed E-state index contributed by atoms with van der Waals surface area (Å²) in [5, 5.41) is 8.01. The molecule has 0 aliphatic rings. The molecular weight excluding hydrogens is 612 g/mol. The number of nitrogen functional groups attached to an aromatic ring is 1. The van der Waals surface area contributed by atoms with E-state index in [0.29, 0.717) is 0 Å². The predicted octanol–water partition coefficient (Wildman–Crippen LogP) is 5.89. The second kappa shape index (κ2) is 26.1. The van der Waals surface area contributed by atoms with Crippen LogP contribution < -0.4 is 21.7 Å². The van der Waals surface area contributed by atoms with Crippen LogP contribution in [0, 0.1) is 0 Å². The SMILES string of the molecule is COC(=O)Nc1ccccc1.CO[Si](OC)(OC)OC.Nc1ccccc1.O=C(Nc1ccccc1)Nc1ccccc1.O=C=O. The van der Waals surface area contributed by atoms with Crippen molar-refractivity contribution >= 4 is 50.1 Å². The van der Waals surface area contributed by atoms with E-state index in [0.717, 1.165) is 22.7 Å². The van der Waals surface area contributed by atoms with Gasteiger partial charge in [0.15, 0.2) is 0 Å². The van der Waals surface area contributed by atoms with Gasteiger partial charge in [0, 0.05) is 51.2 Å². The molecule has 4 aromatic rings. The van der Waals surface area contributed by atoms with Gasteiger partial charge in [-0.15, -0.1) is 0 Å². The molecule has 0 spiro atoms. The molecule has 4 rings (SSSR count). The summed E-state index contributed by atoms with van der Waals surface area (Å²) in [6.07, 6.45) is -0.198. The summed E-state index contributed by atoms with van der Waals surface area (Å²) < 4.78 is 23.8. The van der Waals surface area contributed by atoms with E-state index in [1.165, 1.54) is 35.5 Å². The van der Waals surface area contributed by atoms with Crippen molar-refractivity contribution in [1.29, 1.82) is 0 Å². The lowest BCUT2D eigenvalue weighted by molar-refractivity contribution is -0.191. The van der Waals surface area contributed by atoms with Gasteiger partial charge >= 0.3 is 27.3 Å². The third kappa shape index (κ3) is 19.8. The summed E-state index contributed by atoms with van der Waals surface area (Å²) in [4.78, 5) is 38.5. The van der Waals surface area contributed by atoms with E-state index >= 15 is 0 Å². The number of nitrogens with one attached hydrogen (secondary N) is 3. The molecule has 0 radical (unpaired) electrons. The van der Waals surface area contributed by atoms with E-state index in [1.54, 1.807) is 12.1 Å². The van der Waals surface area contributed by atoms with Crippen LogP contribution in [-0.2, 0) is 32.0 Å². The van der Waals surface area contributed by atoms with Crippen molar-refractivity contribution in [1.82, 2.24) is 0 Å². The van der Waals surface area contributed by atoms with E-state index in [2.05, 4.69) is 20.7 Å². The summed E-state index contributed by atoms with van der Waals surface area (Å²) in [6, 6.07) is 37.0. The minimum Gasteiger partial charge on any atom is -0.453 e. The highest BCUT2D eigenvalue weighted by Crippen LogP contribution is 2.09. The van der Waals surface area contributed by atoms with Gasteiger partial charge in [0.1, 0.15) is 0 Å². The number of ether oxygens (including phenoxy) is 1. The number of amides is 3. The molecule has 0 saturated carbocycles. The van der Waals surface area contributed by atoms with Crippen LogP contribution in [0.5, 0.6) is 0 Å². The zero-order valence-corrected chi connectivity index (χ0v) is 27.3. The standard InChI is InChI=1S/C13H12N2O.C8H9NO2.C6H7N.C4H12O4Si.CO2/c16-13(14-11-7-3-1-4-8-11)15-12-9-5-2-6-10-12;1-11-8(10)9-7-5-3-2-4-6-7;7-6-4-2-1-3-5-6;1-5-9(6-2,7-3)8-4;2-1-3/h1-10H,(H2,14,15,16);2-6H,1H3,(H,9,10);1-5H,7H2;1-4H3;. The second-order valence-corrected chi connectivity index (χ2v) is 10.7. The molecular formula is C32H40N4O9Si. The van der Waals surface area contributed by atoms with Crippen molar-refractivity contribution in [2.45, 2.75) is 0 Å². The molecule has 0 fully saturated rings. The average molecular weight is 653 g/mol. The molecule has 5 N–H and O–H groups in total. The van der Waals surface area contributed by atoms with E-state index in [1.807, 2.05) is 109 Å².